The van der Waals surface area contributed by atoms with Gasteiger partial charge in [-0.3, -0.25) is 9.59 Å². The number of rotatable bonds is 6. The lowest BCUT2D eigenvalue weighted by Gasteiger charge is -2.31. The van der Waals surface area contributed by atoms with Crippen LogP contribution in [0.3, 0.4) is 0 Å². The molecule has 2 amide bonds. The van der Waals surface area contributed by atoms with Crippen LogP contribution in [0.1, 0.15) is 49.0 Å². The maximum atomic E-state index is 12.8. The van der Waals surface area contributed by atoms with Gasteiger partial charge in [0.15, 0.2) is 0 Å². The molecule has 4 rings (SSSR count). The second-order valence-corrected chi connectivity index (χ2v) is 8.06. The lowest BCUT2D eigenvalue weighted by atomic mass is 9.83. The van der Waals surface area contributed by atoms with E-state index in [1.165, 1.54) is 0 Å². The minimum Gasteiger partial charge on any atom is -0.497 e. The second kappa shape index (κ2) is 8.16. The number of hydrogen-bond donors (Lipinski definition) is 3. The van der Waals surface area contributed by atoms with Crippen molar-refractivity contribution in [3.05, 3.63) is 30.0 Å². The number of nitrogens with zero attached hydrogens (tertiary/aromatic N) is 1. The van der Waals surface area contributed by atoms with E-state index in [1.54, 1.807) is 13.2 Å². The molecular weight excluding hydrogens is 368 g/mol. The summed E-state index contributed by atoms with van der Waals surface area (Å²) < 4.78 is 5.23. The van der Waals surface area contributed by atoms with E-state index >= 15 is 0 Å². The summed E-state index contributed by atoms with van der Waals surface area (Å²) in [6, 6.07) is 8.98. The van der Waals surface area contributed by atoms with E-state index in [0.29, 0.717) is 5.69 Å². The Morgan fingerprint density at radius 2 is 2.00 bits per heavy atom. The van der Waals surface area contributed by atoms with Gasteiger partial charge in [0, 0.05) is 23.0 Å². The molecule has 3 N–H and O–H groups in total. The molecule has 0 bridgehead atoms. The van der Waals surface area contributed by atoms with Crippen LogP contribution < -0.4 is 15.4 Å². The molecule has 0 aliphatic heterocycles. The van der Waals surface area contributed by atoms with Crippen molar-refractivity contribution in [1.82, 2.24) is 15.6 Å². The van der Waals surface area contributed by atoms with Crippen molar-refractivity contribution in [1.29, 1.82) is 5.26 Å². The van der Waals surface area contributed by atoms with E-state index in [1.807, 2.05) is 18.2 Å². The van der Waals surface area contributed by atoms with Gasteiger partial charge in [0.05, 0.1) is 19.1 Å². The fourth-order valence-corrected chi connectivity index (χ4v) is 4.16. The van der Waals surface area contributed by atoms with Gasteiger partial charge in [-0.2, -0.15) is 5.26 Å². The zero-order valence-electron chi connectivity index (χ0n) is 16.5. The first-order valence-corrected chi connectivity index (χ1v) is 10.3. The van der Waals surface area contributed by atoms with Crippen molar-refractivity contribution >= 4 is 22.7 Å². The summed E-state index contributed by atoms with van der Waals surface area (Å²) in [4.78, 5) is 28.8. The van der Waals surface area contributed by atoms with Crippen molar-refractivity contribution < 1.29 is 14.3 Å². The number of fused-ring (bicyclic) bond motifs is 1. The highest BCUT2D eigenvalue weighted by Gasteiger charge is 2.37. The highest BCUT2D eigenvalue weighted by molar-refractivity contribution is 5.98. The van der Waals surface area contributed by atoms with Crippen LogP contribution in [0.15, 0.2) is 24.3 Å². The van der Waals surface area contributed by atoms with Gasteiger partial charge in [-0.05, 0) is 49.8 Å². The first-order chi connectivity index (χ1) is 14.1. The van der Waals surface area contributed by atoms with Crippen LogP contribution in [0.25, 0.3) is 10.9 Å². The molecule has 2 aliphatic carbocycles. The maximum Gasteiger partial charge on any atom is 0.267 e. The quantitative estimate of drug-likeness (QED) is 0.700. The van der Waals surface area contributed by atoms with E-state index in [0.717, 1.165) is 55.2 Å². The van der Waals surface area contributed by atoms with Gasteiger partial charge >= 0.3 is 0 Å². The molecule has 1 heterocycles. The Bertz CT molecular complexity index is 957. The molecule has 1 unspecified atom stereocenters. The standard InChI is InChI=1S/C22H26N4O3/c1-29-15-9-8-14-10-19(24-18(14)11-15)22(28)25-17-5-3-2-4-16(17)21(27)26-20(12-23)13-6-7-13/h8-11,13,16-17,20,24H,2-7H2,1H3,(H,25,28)(H,26,27)/t16-,17+,20?/m1/s1. The first kappa shape index (κ1) is 19.3. The molecule has 7 nitrogen and oxygen atoms in total. The summed E-state index contributed by atoms with van der Waals surface area (Å²) >= 11 is 0. The molecule has 2 aliphatic rings. The van der Waals surface area contributed by atoms with Crippen LogP contribution >= 0.6 is 0 Å². The zero-order valence-corrected chi connectivity index (χ0v) is 16.5. The van der Waals surface area contributed by atoms with Gasteiger partial charge < -0.3 is 20.4 Å². The van der Waals surface area contributed by atoms with Gasteiger partial charge in [0.1, 0.15) is 17.5 Å². The lowest BCUT2D eigenvalue weighted by molar-refractivity contribution is -0.127. The van der Waals surface area contributed by atoms with E-state index in [-0.39, 0.29) is 29.7 Å². The van der Waals surface area contributed by atoms with Crippen LogP contribution in [0.4, 0.5) is 0 Å². The topological polar surface area (TPSA) is 107 Å². The molecule has 1 aromatic heterocycles. The number of carbonyl (C=O) groups is 2. The Kier molecular flexibility index (Phi) is 5.43. The number of carbonyl (C=O) groups excluding carboxylic acids is 2. The van der Waals surface area contributed by atoms with E-state index in [4.69, 9.17) is 4.74 Å². The van der Waals surface area contributed by atoms with E-state index in [2.05, 4.69) is 21.7 Å². The van der Waals surface area contributed by atoms with Gasteiger partial charge in [-0.15, -0.1) is 0 Å². The first-order valence-electron chi connectivity index (χ1n) is 10.3. The monoisotopic (exact) mass is 394 g/mol. The Labute approximate surface area is 169 Å². The smallest absolute Gasteiger partial charge is 0.267 e. The molecule has 3 atom stereocenters. The van der Waals surface area contributed by atoms with Crippen LogP contribution in [0, 0.1) is 23.2 Å². The van der Waals surface area contributed by atoms with E-state index < -0.39 is 6.04 Å². The summed E-state index contributed by atoms with van der Waals surface area (Å²) in [5.41, 5.74) is 1.29. The fraction of sp³-hybridized carbons (Fsp3) is 0.500. The molecule has 1 aromatic carbocycles. The van der Waals surface area contributed by atoms with Crippen molar-refractivity contribution in [2.45, 2.75) is 50.6 Å². The van der Waals surface area contributed by atoms with Crippen LogP contribution in [-0.2, 0) is 4.79 Å². The minimum absolute atomic E-state index is 0.116. The van der Waals surface area contributed by atoms with Crippen molar-refractivity contribution in [2.75, 3.05) is 7.11 Å². The Hall–Kier alpha value is -3.01. The third-order valence-corrected chi connectivity index (χ3v) is 6.02. The molecular formula is C22H26N4O3. The van der Waals surface area contributed by atoms with Gasteiger partial charge in [-0.1, -0.05) is 12.8 Å². The number of hydrogen-bond acceptors (Lipinski definition) is 4. The zero-order chi connectivity index (χ0) is 20.4. The second-order valence-electron chi connectivity index (χ2n) is 8.06. The minimum atomic E-state index is -0.413. The van der Waals surface area contributed by atoms with Gasteiger partial charge in [0.2, 0.25) is 5.91 Å². The predicted molar refractivity (Wildman–Crippen MR) is 108 cm³/mol. The molecule has 7 heteroatoms. The molecule has 2 fully saturated rings. The lowest BCUT2D eigenvalue weighted by Crippen LogP contribution is -2.50. The summed E-state index contributed by atoms with van der Waals surface area (Å²) in [5, 5.41) is 16.2. The summed E-state index contributed by atoms with van der Waals surface area (Å²) in [5.74, 6) is 0.368. The Morgan fingerprint density at radius 1 is 1.21 bits per heavy atom. The number of aromatic nitrogens is 1. The fourth-order valence-electron chi connectivity index (χ4n) is 4.16. The maximum absolute atomic E-state index is 12.8. The van der Waals surface area contributed by atoms with Crippen LogP contribution in [0.2, 0.25) is 0 Å². The number of methoxy groups -OCH3 is 1. The highest BCUT2D eigenvalue weighted by Crippen LogP contribution is 2.33. The van der Waals surface area contributed by atoms with Crippen molar-refractivity contribution in [3.63, 3.8) is 0 Å². The molecule has 152 valence electrons. The number of aromatic amines is 1. The average molecular weight is 394 g/mol. The molecule has 2 saturated carbocycles. The summed E-state index contributed by atoms with van der Waals surface area (Å²) in [7, 11) is 1.60. The molecule has 0 spiro atoms. The third kappa shape index (κ3) is 4.21. The molecule has 2 aromatic rings. The van der Waals surface area contributed by atoms with Crippen LogP contribution in [-0.4, -0.2) is 36.0 Å². The SMILES string of the molecule is COc1ccc2cc(C(=O)N[C@H]3CCCC[C@H]3C(=O)NC(C#N)C3CC3)[nH]c2c1. The Balaban J connectivity index is 1.45. The predicted octanol–water partition coefficient (Wildman–Crippen LogP) is 2.88. The summed E-state index contributed by atoms with van der Waals surface area (Å²) in [6.45, 7) is 0. The van der Waals surface area contributed by atoms with E-state index in [9.17, 15) is 14.9 Å². The summed E-state index contributed by atoms with van der Waals surface area (Å²) in [6.07, 6.45) is 5.41. The third-order valence-electron chi connectivity index (χ3n) is 6.02. The van der Waals surface area contributed by atoms with Crippen molar-refractivity contribution in [3.8, 4) is 11.8 Å². The normalized spacial score (nSPS) is 22.5. The molecule has 29 heavy (non-hydrogen) atoms. The van der Waals surface area contributed by atoms with Crippen molar-refractivity contribution in [2.24, 2.45) is 11.8 Å². The number of amides is 2. The highest BCUT2D eigenvalue weighted by atomic mass is 16.5. The number of benzene rings is 1. The largest absolute Gasteiger partial charge is 0.497 e. The number of nitriles is 1. The van der Waals surface area contributed by atoms with Gasteiger partial charge in [-0.25, -0.2) is 0 Å². The number of H-pyrrole nitrogens is 1. The Morgan fingerprint density at radius 3 is 2.72 bits per heavy atom. The molecule has 0 saturated heterocycles. The van der Waals surface area contributed by atoms with Crippen LogP contribution in [0.5, 0.6) is 5.75 Å². The average Bonchev–Trinajstić information content (AvgIpc) is 3.49. The van der Waals surface area contributed by atoms with Gasteiger partial charge in [0.25, 0.3) is 5.91 Å². The molecule has 0 radical (unpaired) electrons. The number of ether oxygens (including phenoxy) is 1. The number of nitrogens with one attached hydrogen (secondary N) is 3.